The van der Waals surface area contributed by atoms with Gasteiger partial charge in [-0.3, -0.25) is 9.69 Å². The molecular formula is C30H36N2O3. The van der Waals surface area contributed by atoms with Crippen LogP contribution in [0.2, 0.25) is 0 Å². The van der Waals surface area contributed by atoms with Crippen LogP contribution in [0.4, 0.5) is 0 Å². The average molecular weight is 473 g/mol. The summed E-state index contributed by atoms with van der Waals surface area (Å²) in [5, 5.41) is 9.96. The van der Waals surface area contributed by atoms with Crippen molar-refractivity contribution in [1.82, 2.24) is 9.80 Å². The molecule has 0 bridgehead atoms. The molecule has 1 N–H and O–H groups in total. The minimum absolute atomic E-state index is 0.0598. The highest BCUT2D eigenvalue weighted by Crippen LogP contribution is 2.28. The van der Waals surface area contributed by atoms with Crippen LogP contribution in [-0.2, 0) is 24.3 Å². The quantitative estimate of drug-likeness (QED) is 0.437. The molecule has 1 aliphatic heterocycles. The normalized spacial score (nSPS) is 14.5. The van der Waals surface area contributed by atoms with E-state index in [-0.39, 0.29) is 17.6 Å². The second-order valence-electron chi connectivity index (χ2n) is 9.27. The first-order valence-corrected chi connectivity index (χ1v) is 12.7. The number of benzene rings is 3. The molecule has 0 saturated carbocycles. The van der Waals surface area contributed by atoms with E-state index in [2.05, 4.69) is 46.2 Å². The lowest BCUT2D eigenvalue weighted by atomic mass is 9.94. The van der Waals surface area contributed by atoms with Crippen LogP contribution in [0.5, 0.6) is 11.5 Å². The Morgan fingerprint density at radius 3 is 2.26 bits per heavy atom. The minimum atomic E-state index is 0.0598. The number of carbonyl (C=O) groups excluding carboxylic acids is 1. The summed E-state index contributed by atoms with van der Waals surface area (Å²) in [6, 6.07) is 26.2. The zero-order valence-electron chi connectivity index (χ0n) is 20.6. The second-order valence-corrected chi connectivity index (χ2v) is 9.27. The predicted octanol–water partition coefficient (Wildman–Crippen LogP) is 5.27. The number of hydrogen-bond acceptors (Lipinski definition) is 4. The van der Waals surface area contributed by atoms with Crippen molar-refractivity contribution in [1.29, 1.82) is 0 Å². The number of nitrogens with zero attached hydrogens (tertiary/aromatic N) is 2. The van der Waals surface area contributed by atoms with Gasteiger partial charge in [0.2, 0.25) is 5.91 Å². The highest BCUT2D eigenvalue weighted by atomic mass is 16.5. The van der Waals surface area contributed by atoms with Crippen LogP contribution in [0.25, 0.3) is 0 Å². The van der Waals surface area contributed by atoms with Crippen LogP contribution >= 0.6 is 0 Å². The number of aromatic hydroxyl groups is 1. The van der Waals surface area contributed by atoms with Crippen molar-refractivity contribution in [2.75, 3.05) is 26.2 Å². The van der Waals surface area contributed by atoms with Crippen molar-refractivity contribution < 1.29 is 14.6 Å². The van der Waals surface area contributed by atoms with Crippen molar-refractivity contribution in [3.63, 3.8) is 0 Å². The van der Waals surface area contributed by atoms with Crippen LogP contribution in [0.3, 0.4) is 0 Å². The van der Waals surface area contributed by atoms with E-state index in [0.717, 1.165) is 51.0 Å². The smallest absolute Gasteiger partial charge is 0.226 e. The molecule has 0 atom stereocenters. The van der Waals surface area contributed by atoms with Gasteiger partial charge in [-0.2, -0.15) is 0 Å². The molecule has 3 aromatic rings. The predicted molar refractivity (Wildman–Crippen MR) is 139 cm³/mol. The summed E-state index contributed by atoms with van der Waals surface area (Å²) >= 11 is 0. The van der Waals surface area contributed by atoms with Gasteiger partial charge in [-0.1, -0.05) is 66.7 Å². The van der Waals surface area contributed by atoms with Gasteiger partial charge in [0.05, 0.1) is 6.61 Å². The van der Waals surface area contributed by atoms with Crippen molar-refractivity contribution >= 4 is 5.91 Å². The highest BCUT2D eigenvalue weighted by Gasteiger charge is 2.28. The summed E-state index contributed by atoms with van der Waals surface area (Å²) < 4.78 is 5.53. The summed E-state index contributed by atoms with van der Waals surface area (Å²) in [6.45, 7) is 6.39. The zero-order chi connectivity index (χ0) is 24.5. The number of piperidine rings is 1. The molecule has 1 aliphatic rings. The fraction of sp³-hybridized carbons (Fsp3) is 0.367. The number of carbonyl (C=O) groups is 1. The molecule has 0 radical (unpaired) electrons. The van der Waals surface area contributed by atoms with E-state index >= 15 is 0 Å². The lowest BCUT2D eigenvalue weighted by molar-refractivity contribution is -0.137. The largest absolute Gasteiger partial charge is 0.504 e. The lowest BCUT2D eigenvalue weighted by Gasteiger charge is -2.34. The third-order valence-electron chi connectivity index (χ3n) is 6.71. The number of rotatable bonds is 10. The van der Waals surface area contributed by atoms with Crippen LogP contribution in [-0.4, -0.2) is 47.1 Å². The lowest BCUT2D eigenvalue weighted by Crippen LogP contribution is -2.42. The molecule has 1 amide bonds. The molecule has 4 rings (SSSR count). The van der Waals surface area contributed by atoms with Crippen LogP contribution < -0.4 is 4.74 Å². The van der Waals surface area contributed by atoms with Gasteiger partial charge in [0.25, 0.3) is 0 Å². The van der Waals surface area contributed by atoms with Gasteiger partial charge in [0.1, 0.15) is 0 Å². The fourth-order valence-corrected chi connectivity index (χ4v) is 4.76. The standard InChI is InChI=1S/C30H36N2O3/c1-2-35-29-21-26(13-14-28(29)33)22-31-18-16-27(17-19-31)30(34)32(23-25-11-7-4-8-12-25)20-15-24-9-5-3-6-10-24/h3-14,21,27,33H,2,15-20,22-23H2,1H3. The van der Waals surface area contributed by atoms with Gasteiger partial charge in [-0.15, -0.1) is 0 Å². The molecule has 184 valence electrons. The summed E-state index contributed by atoms with van der Waals surface area (Å²) in [5.74, 6) is 1.04. The van der Waals surface area contributed by atoms with E-state index in [1.54, 1.807) is 6.07 Å². The fourth-order valence-electron chi connectivity index (χ4n) is 4.76. The zero-order valence-corrected chi connectivity index (χ0v) is 20.6. The van der Waals surface area contributed by atoms with Crippen molar-refractivity contribution in [2.45, 2.75) is 39.3 Å². The van der Waals surface area contributed by atoms with Crippen molar-refractivity contribution in [3.8, 4) is 11.5 Å². The van der Waals surface area contributed by atoms with Crippen LogP contribution in [0.1, 0.15) is 36.5 Å². The number of ether oxygens (including phenoxy) is 1. The van der Waals surface area contributed by atoms with E-state index in [1.165, 1.54) is 11.1 Å². The number of phenols is 1. The maximum absolute atomic E-state index is 13.6. The van der Waals surface area contributed by atoms with Gasteiger partial charge in [-0.05, 0) is 68.1 Å². The Kier molecular flexibility index (Phi) is 8.79. The number of hydrogen-bond donors (Lipinski definition) is 1. The second kappa shape index (κ2) is 12.4. The molecule has 0 aromatic heterocycles. The van der Waals surface area contributed by atoms with Crippen LogP contribution in [0.15, 0.2) is 78.9 Å². The minimum Gasteiger partial charge on any atom is -0.504 e. The number of amides is 1. The first-order chi connectivity index (χ1) is 17.1. The van der Waals surface area contributed by atoms with Crippen molar-refractivity contribution in [3.05, 3.63) is 95.6 Å². The molecule has 1 fully saturated rings. The third kappa shape index (κ3) is 7.09. The Bertz CT molecular complexity index is 1060. The van der Waals surface area contributed by atoms with Gasteiger partial charge >= 0.3 is 0 Å². The summed E-state index contributed by atoms with van der Waals surface area (Å²) in [7, 11) is 0. The van der Waals surface area contributed by atoms with E-state index in [9.17, 15) is 9.90 Å². The summed E-state index contributed by atoms with van der Waals surface area (Å²) in [4.78, 5) is 18.0. The SMILES string of the molecule is CCOc1cc(CN2CCC(C(=O)N(CCc3ccccc3)Cc3ccccc3)CC2)ccc1O. The highest BCUT2D eigenvalue weighted by molar-refractivity contribution is 5.79. The summed E-state index contributed by atoms with van der Waals surface area (Å²) in [6.07, 6.45) is 2.60. The Hall–Kier alpha value is -3.31. The van der Waals surface area contributed by atoms with Gasteiger partial charge in [0.15, 0.2) is 11.5 Å². The summed E-state index contributed by atoms with van der Waals surface area (Å²) in [5.41, 5.74) is 3.54. The number of phenolic OH excluding ortho intramolecular Hbond substituents is 1. The van der Waals surface area contributed by atoms with E-state index in [0.29, 0.717) is 18.9 Å². The third-order valence-corrected chi connectivity index (χ3v) is 6.71. The molecule has 5 heteroatoms. The molecule has 1 saturated heterocycles. The van der Waals surface area contributed by atoms with E-state index in [1.807, 2.05) is 43.3 Å². The number of likely N-dealkylation sites (tertiary alicyclic amines) is 1. The van der Waals surface area contributed by atoms with Gasteiger partial charge < -0.3 is 14.7 Å². The molecule has 35 heavy (non-hydrogen) atoms. The maximum atomic E-state index is 13.6. The molecule has 1 heterocycles. The van der Waals surface area contributed by atoms with Gasteiger partial charge in [0, 0.05) is 25.6 Å². The molecule has 0 unspecified atom stereocenters. The topological polar surface area (TPSA) is 53.0 Å². The maximum Gasteiger partial charge on any atom is 0.226 e. The monoisotopic (exact) mass is 472 g/mol. The molecule has 5 nitrogen and oxygen atoms in total. The van der Waals surface area contributed by atoms with E-state index < -0.39 is 0 Å². The Labute approximate surface area is 209 Å². The van der Waals surface area contributed by atoms with Gasteiger partial charge in [-0.25, -0.2) is 0 Å². The Morgan fingerprint density at radius 2 is 1.60 bits per heavy atom. The Balaban J connectivity index is 1.36. The van der Waals surface area contributed by atoms with Crippen LogP contribution in [0, 0.1) is 5.92 Å². The molecular weight excluding hydrogens is 436 g/mol. The first-order valence-electron chi connectivity index (χ1n) is 12.7. The van der Waals surface area contributed by atoms with E-state index in [4.69, 9.17) is 4.74 Å². The molecule has 3 aromatic carbocycles. The first kappa shape index (κ1) is 24.8. The Morgan fingerprint density at radius 1 is 0.943 bits per heavy atom. The molecule has 0 spiro atoms. The van der Waals surface area contributed by atoms with Crippen molar-refractivity contribution in [2.24, 2.45) is 5.92 Å². The molecule has 0 aliphatic carbocycles. The average Bonchev–Trinajstić information content (AvgIpc) is 2.90.